The average molecular weight is 363 g/mol. The molecule has 0 aromatic heterocycles. The SMILES string of the molecule is CCC1CC(CCCCC2CCC(C)CC(C)CCCC2C)CCC1C. The standard InChI is InChI=1S/C26H50/c1-6-25-19-24(16-15-23(25)5)12-7-8-13-26-17-14-21(3)18-20(2)10-9-11-22(26)4/h20-26H,6-19H2,1-5H3. The molecule has 2 rings (SSSR count). The first kappa shape index (κ1) is 22.3. The van der Waals surface area contributed by atoms with Crippen LogP contribution in [-0.4, -0.2) is 0 Å². The Morgan fingerprint density at radius 3 is 2.08 bits per heavy atom. The van der Waals surface area contributed by atoms with Crippen LogP contribution >= 0.6 is 0 Å². The Morgan fingerprint density at radius 2 is 1.31 bits per heavy atom. The zero-order chi connectivity index (χ0) is 18.9. The Labute approximate surface area is 166 Å². The minimum Gasteiger partial charge on any atom is -0.0651 e. The molecule has 2 saturated carbocycles. The highest BCUT2D eigenvalue weighted by Crippen LogP contribution is 2.38. The molecule has 0 nitrogen and oxygen atoms in total. The van der Waals surface area contributed by atoms with E-state index in [0.717, 1.165) is 41.4 Å². The van der Waals surface area contributed by atoms with E-state index >= 15 is 0 Å². The molecule has 0 aliphatic heterocycles. The van der Waals surface area contributed by atoms with Gasteiger partial charge in [0.05, 0.1) is 0 Å². The summed E-state index contributed by atoms with van der Waals surface area (Å²) in [6.07, 6.45) is 20.9. The molecule has 2 fully saturated rings. The topological polar surface area (TPSA) is 0 Å². The van der Waals surface area contributed by atoms with Crippen LogP contribution in [0.25, 0.3) is 0 Å². The summed E-state index contributed by atoms with van der Waals surface area (Å²) >= 11 is 0. The molecule has 154 valence electrons. The largest absolute Gasteiger partial charge is 0.0651 e. The van der Waals surface area contributed by atoms with Gasteiger partial charge in [-0.2, -0.15) is 0 Å². The van der Waals surface area contributed by atoms with Gasteiger partial charge >= 0.3 is 0 Å². The highest BCUT2D eigenvalue weighted by Gasteiger charge is 2.26. The van der Waals surface area contributed by atoms with Crippen LogP contribution in [-0.2, 0) is 0 Å². The first-order chi connectivity index (χ1) is 12.5. The van der Waals surface area contributed by atoms with Gasteiger partial charge in [0, 0.05) is 0 Å². The number of hydrogen-bond acceptors (Lipinski definition) is 0. The monoisotopic (exact) mass is 362 g/mol. The minimum atomic E-state index is 0.952. The molecule has 0 amide bonds. The van der Waals surface area contributed by atoms with Gasteiger partial charge in [-0.3, -0.25) is 0 Å². The Bertz CT molecular complexity index is 359. The maximum Gasteiger partial charge on any atom is -0.0388 e. The molecule has 0 saturated heterocycles. The summed E-state index contributed by atoms with van der Waals surface area (Å²) in [5.74, 6) is 6.96. The predicted octanol–water partition coefficient (Wildman–Crippen LogP) is 8.89. The third-order valence-corrected chi connectivity index (χ3v) is 8.43. The summed E-state index contributed by atoms with van der Waals surface area (Å²) < 4.78 is 0. The Morgan fingerprint density at radius 1 is 0.615 bits per heavy atom. The Kier molecular flexibility index (Phi) is 10.1. The molecule has 0 aromatic carbocycles. The fraction of sp³-hybridized carbons (Fsp3) is 1.00. The lowest BCUT2D eigenvalue weighted by atomic mass is 9.72. The highest BCUT2D eigenvalue weighted by molar-refractivity contribution is 4.78. The fourth-order valence-corrected chi connectivity index (χ4v) is 6.34. The van der Waals surface area contributed by atoms with Gasteiger partial charge in [0.15, 0.2) is 0 Å². The molecule has 7 unspecified atom stereocenters. The first-order valence-electron chi connectivity index (χ1n) is 12.5. The molecule has 26 heavy (non-hydrogen) atoms. The second-order valence-corrected chi connectivity index (χ2v) is 10.8. The van der Waals surface area contributed by atoms with Gasteiger partial charge < -0.3 is 0 Å². The predicted molar refractivity (Wildman–Crippen MR) is 117 cm³/mol. The van der Waals surface area contributed by atoms with E-state index in [1.165, 1.54) is 89.9 Å². The van der Waals surface area contributed by atoms with Gasteiger partial charge in [0.25, 0.3) is 0 Å². The van der Waals surface area contributed by atoms with Crippen molar-refractivity contribution in [2.24, 2.45) is 41.4 Å². The third-order valence-electron chi connectivity index (χ3n) is 8.43. The normalized spacial score (nSPS) is 40.3. The van der Waals surface area contributed by atoms with Crippen molar-refractivity contribution in [1.29, 1.82) is 0 Å². The van der Waals surface area contributed by atoms with E-state index in [2.05, 4.69) is 34.6 Å². The molecular formula is C26H50. The summed E-state index contributed by atoms with van der Waals surface area (Å²) in [4.78, 5) is 0. The van der Waals surface area contributed by atoms with Crippen LogP contribution in [0.1, 0.15) is 125 Å². The minimum absolute atomic E-state index is 0.952. The van der Waals surface area contributed by atoms with Crippen molar-refractivity contribution in [2.75, 3.05) is 0 Å². The second-order valence-electron chi connectivity index (χ2n) is 10.8. The molecule has 0 bridgehead atoms. The summed E-state index contributed by atoms with van der Waals surface area (Å²) in [6.45, 7) is 12.5. The van der Waals surface area contributed by atoms with Crippen LogP contribution in [0.4, 0.5) is 0 Å². The molecule has 2 aliphatic rings. The zero-order valence-electron chi connectivity index (χ0n) is 18.9. The van der Waals surface area contributed by atoms with Gasteiger partial charge in [0.1, 0.15) is 0 Å². The van der Waals surface area contributed by atoms with Crippen molar-refractivity contribution in [3.05, 3.63) is 0 Å². The maximum absolute atomic E-state index is 2.57. The molecule has 0 spiro atoms. The average Bonchev–Trinajstić information content (AvgIpc) is 2.61. The van der Waals surface area contributed by atoms with E-state index in [0.29, 0.717) is 0 Å². The van der Waals surface area contributed by atoms with Crippen LogP contribution in [0.3, 0.4) is 0 Å². The summed E-state index contributed by atoms with van der Waals surface area (Å²) in [7, 11) is 0. The number of hydrogen-bond donors (Lipinski definition) is 0. The summed E-state index contributed by atoms with van der Waals surface area (Å²) in [5.41, 5.74) is 0. The molecule has 2 aliphatic carbocycles. The van der Waals surface area contributed by atoms with Crippen LogP contribution in [0, 0.1) is 41.4 Å². The van der Waals surface area contributed by atoms with Crippen molar-refractivity contribution in [1.82, 2.24) is 0 Å². The van der Waals surface area contributed by atoms with Crippen LogP contribution in [0.5, 0.6) is 0 Å². The third kappa shape index (κ3) is 7.55. The lowest BCUT2D eigenvalue weighted by Gasteiger charge is -2.34. The van der Waals surface area contributed by atoms with Gasteiger partial charge in [-0.05, 0) is 60.7 Å². The van der Waals surface area contributed by atoms with E-state index in [-0.39, 0.29) is 0 Å². The molecule has 0 radical (unpaired) electrons. The van der Waals surface area contributed by atoms with E-state index in [9.17, 15) is 0 Å². The van der Waals surface area contributed by atoms with Gasteiger partial charge in [0.2, 0.25) is 0 Å². The molecule has 0 N–H and O–H groups in total. The molecule has 0 heterocycles. The van der Waals surface area contributed by atoms with E-state index in [1.54, 1.807) is 0 Å². The van der Waals surface area contributed by atoms with Crippen molar-refractivity contribution in [2.45, 2.75) is 125 Å². The van der Waals surface area contributed by atoms with E-state index < -0.39 is 0 Å². The van der Waals surface area contributed by atoms with Crippen LogP contribution < -0.4 is 0 Å². The van der Waals surface area contributed by atoms with Gasteiger partial charge in [-0.15, -0.1) is 0 Å². The van der Waals surface area contributed by atoms with Gasteiger partial charge in [-0.25, -0.2) is 0 Å². The molecule has 0 aromatic rings. The lowest BCUT2D eigenvalue weighted by molar-refractivity contribution is 0.176. The van der Waals surface area contributed by atoms with Crippen LogP contribution in [0.15, 0.2) is 0 Å². The molecule has 7 atom stereocenters. The van der Waals surface area contributed by atoms with Crippen molar-refractivity contribution in [3.8, 4) is 0 Å². The molecule has 0 heteroatoms. The van der Waals surface area contributed by atoms with Crippen LogP contribution in [0.2, 0.25) is 0 Å². The van der Waals surface area contributed by atoms with E-state index in [1.807, 2.05) is 0 Å². The Balaban J connectivity index is 1.69. The lowest BCUT2D eigenvalue weighted by Crippen LogP contribution is -2.22. The van der Waals surface area contributed by atoms with Crippen molar-refractivity contribution < 1.29 is 0 Å². The first-order valence-corrected chi connectivity index (χ1v) is 12.5. The second kappa shape index (κ2) is 11.8. The Hall–Kier alpha value is 0. The van der Waals surface area contributed by atoms with Crippen molar-refractivity contribution >= 4 is 0 Å². The highest BCUT2D eigenvalue weighted by atomic mass is 14.3. The zero-order valence-corrected chi connectivity index (χ0v) is 18.9. The van der Waals surface area contributed by atoms with E-state index in [4.69, 9.17) is 0 Å². The fourth-order valence-electron chi connectivity index (χ4n) is 6.34. The quantitative estimate of drug-likeness (QED) is 0.414. The number of rotatable bonds is 6. The summed E-state index contributed by atoms with van der Waals surface area (Å²) in [6, 6.07) is 0. The van der Waals surface area contributed by atoms with Crippen molar-refractivity contribution in [3.63, 3.8) is 0 Å². The van der Waals surface area contributed by atoms with Gasteiger partial charge in [-0.1, -0.05) is 105 Å². The maximum atomic E-state index is 2.57. The number of unbranched alkanes of at least 4 members (excludes halogenated alkanes) is 1. The molecular weight excluding hydrogens is 312 g/mol. The smallest absolute Gasteiger partial charge is 0.0388 e. The summed E-state index contributed by atoms with van der Waals surface area (Å²) in [5, 5.41) is 0.